The highest BCUT2D eigenvalue weighted by Crippen LogP contribution is 2.34. The van der Waals surface area contributed by atoms with E-state index in [1.54, 1.807) is 0 Å². The van der Waals surface area contributed by atoms with Crippen LogP contribution in [-0.4, -0.2) is 49.2 Å². The lowest BCUT2D eigenvalue weighted by Crippen LogP contribution is -2.52. The third-order valence-corrected chi connectivity index (χ3v) is 2.49. The number of fused-ring (bicyclic) bond motifs is 1. The highest BCUT2D eigenvalue weighted by atomic mass is 16.8. The number of hydrogen-bond acceptors (Lipinski definition) is 5. The highest BCUT2D eigenvalue weighted by Gasteiger charge is 2.50. The summed E-state index contributed by atoms with van der Waals surface area (Å²) in [5.74, 6) is -0.650. The van der Waals surface area contributed by atoms with E-state index in [-0.39, 0.29) is 12.2 Å². The van der Waals surface area contributed by atoms with Crippen LogP contribution >= 0.6 is 0 Å². The van der Waals surface area contributed by atoms with Crippen LogP contribution in [0.2, 0.25) is 0 Å². The van der Waals surface area contributed by atoms with Crippen molar-refractivity contribution in [3.63, 3.8) is 0 Å². The minimum atomic E-state index is -0.791. The van der Waals surface area contributed by atoms with Crippen molar-refractivity contribution in [2.24, 2.45) is 0 Å². The quantitative estimate of drug-likeness (QED) is 0.644. The maximum Gasteiger partial charge on any atom is 0.185 e. The molecule has 0 aromatic rings. The summed E-state index contributed by atoms with van der Waals surface area (Å²) in [7, 11) is 1.50. The number of aliphatic hydroxyl groups excluding tert-OH is 1. The van der Waals surface area contributed by atoms with Gasteiger partial charge < -0.3 is 24.1 Å². The summed E-state index contributed by atoms with van der Waals surface area (Å²) in [5, 5.41) is 9.82. The molecular weight excluding hydrogens is 188 g/mol. The van der Waals surface area contributed by atoms with E-state index in [2.05, 4.69) is 0 Å². The average Bonchev–Trinajstić information content (AvgIpc) is 2.42. The molecule has 0 saturated carbocycles. The van der Waals surface area contributed by atoms with Gasteiger partial charge in [0.1, 0.15) is 18.3 Å². The molecule has 2 heterocycles. The number of ether oxygens (including phenoxy) is 4. The molecule has 1 N–H and O–H groups in total. The zero-order valence-electron chi connectivity index (χ0n) is 8.60. The normalized spacial score (nSPS) is 46.3. The van der Waals surface area contributed by atoms with Gasteiger partial charge >= 0.3 is 0 Å². The van der Waals surface area contributed by atoms with Crippen LogP contribution in [0.4, 0.5) is 0 Å². The Bertz CT molecular complexity index is 217. The van der Waals surface area contributed by atoms with Gasteiger partial charge in [-0.05, 0) is 13.8 Å². The predicted octanol–water partition coefficient (Wildman–Crippen LogP) is -0.130. The first-order valence-electron chi connectivity index (χ1n) is 4.71. The number of hydrogen-bond donors (Lipinski definition) is 1. The molecule has 5 nitrogen and oxygen atoms in total. The molecule has 5 heteroatoms. The smallest absolute Gasteiger partial charge is 0.185 e. The first kappa shape index (κ1) is 10.3. The van der Waals surface area contributed by atoms with Crippen molar-refractivity contribution in [2.75, 3.05) is 13.7 Å². The standard InChI is InChI=1S/C9H16O5/c1-9(2)13-5-4-12-8(11-3)6(10)7(5)14-9/h5-8,10H,4H2,1-3H3/t5-,6+,7+,8-/m1/s1. The van der Waals surface area contributed by atoms with Crippen LogP contribution in [0.1, 0.15) is 13.8 Å². The molecule has 0 aromatic carbocycles. The van der Waals surface area contributed by atoms with Crippen molar-refractivity contribution < 1.29 is 24.1 Å². The van der Waals surface area contributed by atoms with E-state index in [0.29, 0.717) is 6.61 Å². The van der Waals surface area contributed by atoms with Gasteiger partial charge in [-0.3, -0.25) is 0 Å². The summed E-state index contributed by atoms with van der Waals surface area (Å²) >= 11 is 0. The van der Waals surface area contributed by atoms with Gasteiger partial charge in [-0.2, -0.15) is 0 Å². The van der Waals surface area contributed by atoms with Crippen molar-refractivity contribution in [3.8, 4) is 0 Å². The summed E-state index contributed by atoms with van der Waals surface area (Å²) in [6.45, 7) is 4.03. The van der Waals surface area contributed by atoms with E-state index >= 15 is 0 Å². The van der Waals surface area contributed by atoms with E-state index in [1.807, 2.05) is 13.8 Å². The van der Waals surface area contributed by atoms with Crippen molar-refractivity contribution in [1.82, 2.24) is 0 Å². The van der Waals surface area contributed by atoms with Crippen molar-refractivity contribution in [2.45, 2.75) is 44.2 Å². The Morgan fingerprint density at radius 1 is 1.36 bits per heavy atom. The van der Waals surface area contributed by atoms with E-state index in [4.69, 9.17) is 18.9 Å². The molecule has 0 spiro atoms. The Hall–Kier alpha value is -0.200. The number of rotatable bonds is 1. The number of methoxy groups -OCH3 is 1. The largest absolute Gasteiger partial charge is 0.385 e. The van der Waals surface area contributed by atoms with Gasteiger partial charge in [0.2, 0.25) is 0 Å². The fourth-order valence-corrected chi connectivity index (χ4v) is 1.93. The molecule has 2 aliphatic heterocycles. The average molecular weight is 204 g/mol. The summed E-state index contributed by atoms with van der Waals surface area (Å²) in [5.41, 5.74) is 0. The van der Waals surface area contributed by atoms with Crippen LogP contribution in [0.25, 0.3) is 0 Å². The van der Waals surface area contributed by atoms with Crippen molar-refractivity contribution in [3.05, 3.63) is 0 Å². The third kappa shape index (κ3) is 1.66. The van der Waals surface area contributed by atoms with E-state index < -0.39 is 18.2 Å². The van der Waals surface area contributed by atoms with Crippen LogP contribution in [0.5, 0.6) is 0 Å². The molecule has 0 aromatic heterocycles. The summed E-state index contributed by atoms with van der Waals surface area (Å²) < 4.78 is 21.4. The van der Waals surface area contributed by atoms with Crippen LogP contribution in [0.3, 0.4) is 0 Å². The molecule has 0 radical (unpaired) electrons. The van der Waals surface area contributed by atoms with Gasteiger partial charge in [0, 0.05) is 7.11 Å². The molecule has 82 valence electrons. The summed E-state index contributed by atoms with van der Waals surface area (Å²) in [6, 6.07) is 0. The molecule has 2 aliphatic rings. The SMILES string of the molecule is CO[C@@H]1OC[C@H]2OC(C)(C)O[C@@H]2[C@@H]1O. The lowest BCUT2D eigenvalue weighted by Gasteiger charge is -2.33. The lowest BCUT2D eigenvalue weighted by atomic mass is 10.1. The van der Waals surface area contributed by atoms with E-state index in [9.17, 15) is 5.11 Å². The van der Waals surface area contributed by atoms with Crippen molar-refractivity contribution in [1.29, 1.82) is 0 Å². The summed E-state index contributed by atoms with van der Waals surface area (Å²) in [6.07, 6.45) is -1.97. The second-order valence-electron chi connectivity index (χ2n) is 4.07. The Morgan fingerprint density at radius 2 is 2.07 bits per heavy atom. The minimum absolute atomic E-state index is 0.202. The molecule has 0 amide bonds. The molecule has 14 heavy (non-hydrogen) atoms. The minimum Gasteiger partial charge on any atom is -0.385 e. The Balaban J connectivity index is 2.08. The maximum absolute atomic E-state index is 9.82. The van der Waals surface area contributed by atoms with Gasteiger partial charge in [0.25, 0.3) is 0 Å². The third-order valence-electron chi connectivity index (χ3n) is 2.49. The molecule has 2 fully saturated rings. The summed E-state index contributed by atoms with van der Waals surface area (Å²) in [4.78, 5) is 0. The molecule has 4 atom stereocenters. The van der Waals surface area contributed by atoms with Crippen LogP contribution < -0.4 is 0 Å². The predicted molar refractivity (Wildman–Crippen MR) is 46.6 cm³/mol. The molecule has 2 saturated heterocycles. The Labute approximate surface area is 82.9 Å². The van der Waals surface area contributed by atoms with Crippen LogP contribution in [-0.2, 0) is 18.9 Å². The maximum atomic E-state index is 9.82. The molecular formula is C9H16O5. The highest BCUT2D eigenvalue weighted by molar-refractivity contribution is 4.91. The fraction of sp³-hybridized carbons (Fsp3) is 1.00. The van der Waals surface area contributed by atoms with Gasteiger partial charge in [0.15, 0.2) is 12.1 Å². The molecule has 2 rings (SSSR count). The second kappa shape index (κ2) is 3.43. The molecule has 0 unspecified atom stereocenters. The lowest BCUT2D eigenvalue weighted by molar-refractivity contribution is -0.241. The Kier molecular flexibility index (Phi) is 2.53. The van der Waals surface area contributed by atoms with Gasteiger partial charge in [-0.25, -0.2) is 0 Å². The number of aliphatic hydroxyl groups is 1. The monoisotopic (exact) mass is 204 g/mol. The van der Waals surface area contributed by atoms with Gasteiger partial charge in [0.05, 0.1) is 6.61 Å². The fourth-order valence-electron chi connectivity index (χ4n) is 1.93. The van der Waals surface area contributed by atoms with Gasteiger partial charge in [-0.1, -0.05) is 0 Å². The van der Waals surface area contributed by atoms with Crippen molar-refractivity contribution >= 4 is 0 Å². The first-order valence-corrected chi connectivity index (χ1v) is 4.71. The zero-order chi connectivity index (χ0) is 10.3. The molecule has 0 bridgehead atoms. The van der Waals surface area contributed by atoms with Gasteiger partial charge in [-0.15, -0.1) is 0 Å². The van der Waals surface area contributed by atoms with Crippen LogP contribution in [0.15, 0.2) is 0 Å². The topological polar surface area (TPSA) is 57.2 Å². The zero-order valence-corrected chi connectivity index (χ0v) is 8.60. The Morgan fingerprint density at radius 3 is 2.71 bits per heavy atom. The first-order chi connectivity index (χ1) is 6.53. The van der Waals surface area contributed by atoms with Crippen LogP contribution in [0, 0.1) is 0 Å². The molecule has 0 aliphatic carbocycles. The second-order valence-corrected chi connectivity index (χ2v) is 4.07. The van der Waals surface area contributed by atoms with E-state index in [1.165, 1.54) is 7.11 Å². The van der Waals surface area contributed by atoms with E-state index in [0.717, 1.165) is 0 Å².